The highest BCUT2D eigenvalue weighted by molar-refractivity contribution is 7.14. The Balaban J connectivity index is 2.33. The number of aryl methyl sites for hydroxylation is 1. The Bertz CT molecular complexity index is 547. The van der Waals surface area contributed by atoms with E-state index >= 15 is 0 Å². The number of hydrogen-bond acceptors (Lipinski definition) is 4. The van der Waals surface area contributed by atoms with Crippen LogP contribution >= 0.6 is 11.3 Å². The third-order valence-corrected chi connectivity index (χ3v) is 6.05. The first-order valence-corrected chi connectivity index (χ1v) is 8.97. The average Bonchev–Trinajstić information content (AvgIpc) is 3.02. The van der Waals surface area contributed by atoms with E-state index in [0.717, 1.165) is 47.8 Å². The quantitative estimate of drug-likeness (QED) is 0.922. The molecule has 5 heteroatoms. The van der Waals surface area contributed by atoms with E-state index in [9.17, 15) is 9.90 Å². The molecular formula is C17H28N2O2S. The monoisotopic (exact) mass is 324 g/mol. The molecule has 1 fully saturated rings. The van der Waals surface area contributed by atoms with Gasteiger partial charge in [0.05, 0.1) is 22.8 Å². The number of aliphatic hydroxyl groups is 1. The number of thiazole rings is 1. The first kappa shape index (κ1) is 17.4. The summed E-state index contributed by atoms with van der Waals surface area (Å²) in [5.41, 5.74) is 0.399. The number of carbonyl (C=O) groups excluding carboxylic acids is 1. The standard InChI is InChI=1S/C17H28N2O2S/c1-6-8-17(11-20)9-7-10-19(17)14(21)13-12(2)18-15(22-13)16(3,4)5/h20H,6-11H2,1-5H3. The normalized spacial score (nSPS) is 22.4. The first-order valence-electron chi connectivity index (χ1n) is 8.16. The fourth-order valence-corrected chi connectivity index (χ4v) is 4.34. The van der Waals surface area contributed by atoms with Crippen LogP contribution in [0.15, 0.2) is 0 Å². The van der Waals surface area contributed by atoms with E-state index in [4.69, 9.17) is 0 Å². The van der Waals surface area contributed by atoms with Crippen LogP contribution in [-0.2, 0) is 5.41 Å². The third-order valence-electron chi connectivity index (χ3n) is 4.48. The molecule has 0 aliphatic carbocycles. The largest absolute Gasteiger partial charge is 0.394 e. The lowest BCUT2D eigenvalue weighted by Crippen LogP contribution is -2.50. The molecule has 0 saturated carbocycles. The fourth-order valence-electron chi connectivity index (χ4n) is 3.26. The van der Waals surface area contributed by atoms with Crippen LogP contribution in [0.4, 0.5) is 0 Å². The Morgan fingerprint density at radius 3 is 2.64 bits per heavy atom. The van der Waals surface area contributed by atoms with Gasteiger partial charge < -0.3 is 10.0 Å². The molecule has 1 aromatic heterocycles. The number of nitrogens with zero attached hydrogens (tertiary/aromatic N) is 2. The topological polar surface area (TPSA) is 53.4 Å². The number of rotatable bonds is 4. The van der Waals surface area contributed by atoms with Crippen LogP contribution in [0.1, 0.15) is 73.8 Å². The van der Waals surface area contributed by atoms with Crippen molar-refractivity contribution in [3.8, 4) is 0 Å². The summed E-state index contributed by atoms with van der Waals surface area (Å²) in [6, 6.07) is 0. The van der Waals surface area contributed by atoms with Crippen LogP contribution in [0.3, 0.4) is 0 Å². The van der Waals surface area contributed by atoms with Crippen LogP contribution < -0.4 is 0 Å². The average molecular weight is 324 g/mol. The van der Waals surface area contributed by atoms with Crippen molar-refractivity contribution in [2.45, 2.75) is 71.3 Å². The van der Waals surface area contributed by atoms with E-state index in [1.54, 1.807) is 0 Å². The highest BCUT2D eigenvalue weighted by Gasteiger charge is 2.43. The lowest BCUT2D eigenvalue weighted by Gasteiger charge is -2.37. The van der Waals surface area contributed by atoms with Crippen LogP contribution in [0, 0.1) is 6.92 Å². The molecule has 0 spiro atoms. The zero-order valence-electron chi connectivity index (χ0n) is 14.4. The summed E-state index contributed by atoms with van der Waals surface area (Å²) >= 11 is 1.51. The van der Waals surface area contributed by atoms with Crippen molar-refractivity contribution in [3.05, 3.63) is 15.6 Å². The minimum atomic E-state index is -0.371. The second kappa shape index (κ2) is 6.28. The van der Waals surface area contributed by atoms with E-state index < -0.39 is 0 Å². The molecule has 1 aliphatic rings. The predicted molar refractivity (Wildman–Crippen MR) is 90.5 cm³/mol. The molecule has 1 unspecified atom stereocenters. The molecule has 1 N–H and O–H groups in total. The molecule has 2 heterocycles. The van der Waals surface area contributed by atoms with E-state index in [0.29, 0.717) is 0 Å². The van der Waals surface area contributed by atoms with Gasteiger partial charge in [-0.2, -0.15) is 0 Å². The Morgan fingerprint density at radius 2 is 2.14 bits per heavy atom. The molecule has 2 rings (SSSR count). The molecular weight excluding hydrogens is 296 g/mol. The molecule has 1 saturated heterocycles. The summed E-state index contributed by atoms with van der Waals surface area (Å²) in [5, 5.41) is 10.9. The summed E-state index contributed by atoms with van der Waals surface area (Å²) in [5.74, 6) is 0.0468. The zero-order chi connectivity index (χ0) is 16.5. The number of likely N-dealkylation sites (tertiary alicyclic amines) is 1. The van der Waals surface area contributed by atoms with Crippen molar-refractivity contribution in [2.24, 2.45) is 0 Å². The smallest absolute Gasteiger partial charge is 0.266 e. The van der Waals surface area contributed by atoms with E-state index in [-0.39, 0.29) is 23.5 Å². The molecule has 0 bridgehead atoms. The van der Waals surface area contributed by atoms with Crippen molar-refractivity contribution in [1.29, 1.82) is 0 Å². The Morgan fingerprint density at radius 1 is 1.45 bits per heavy atom. The van der Waals surface area contributed by atoms with Gasteiger partial charge >= 0.3 is 0 Å². The number of carbonyl (C=O) groups is 1. The zero-order valence-corrected chi connectivity index (χ0v) is 15.2. The SMILES string of the molecule is CCCC1(CO)CCCN1C(=O)c1sc(C(C)(C)C)nc1C. The van der Waals surface area contributed by atoms with Crippen molar-refractivity contribution >= 4 is 17.2 Å². The minimum Gasteiger partial charge on any atom is -0.394 e. The maximum Gasteiger partial charge on any atom is 0.266 e. The summed E-state index contributed by atoms with van der Waals surface area (Å²) < 4.78 is 0. The molecule has 0 radical (unpaired) electrons. The molecule has 4 nitrogen and oxygen atoms in total. The van der Waals surface area contributed by atoms with E-state index in [1.165, 1.54) is 11.3 Å². The first-order chi connectivity index (χ1) is 10.2. The Labute approximate surface area is 137 Å². The lowest BCUT2D eigenvalue weighted by atomic mass is 9.91. The molecule has 0 aromatic carbocycles. The van der Waals surface area contributed by atoms with Crippen molar-refractivity contribution < 1.29 is 9.90 Å². The van der Waals surface area contributed by atoms with Crippen LogP contribution in [0.2, 0.25) is 0 Å². The van der Waals surface area contributed by atoms with E-state index in [1.807, 2.05) is 11.8 Å². The van der Waals surface area contributed by atoms with Gasteiger partial charge in [0.15, 0.2) is 0 Å². The van der Waals surface area contributed by atoms with Crippen LogP contribution in [-0.4, -0.2) is 39.6 Å². The van der Waals surface area contributed by atoms with Gasteiger partial charge in [-0.1, -0.05) is 34.1 Å². The summed E-state index contributed by atoms with van der Waals surface area (Å²) in [6.45, 7) is 11.2. The second-order valence-electron chi connectivity index (χ2n) is 7.38. The van der Waals surface area contributed by atoms with Crippen LogP contribution in [0.5, 0.6) is 0 Å². The van der Waals surface area contributed by atoms with Gasteiger partial charge in [-0.05, 0) is 26.2 Å². The highest BCUT2D eigenvalue weighted by atomic mass is 32.1. The van der Waals surface area contributed by atoms with Gasteiger partial charge in [0.2, 0.25) is 0 Å². The number of hydrogen-bond donors (Lipinski definition) is 1. The number of aliphatic hydroxyl groups excluding tert-OH is 1. The molecule has 1 aromatic rings. The van der Waals surface area contributed by atoms with Gasteiger partial charge in [0.25, 0.3) is 5.91 Å². The maximum absolute atomic E-state index is 13.0. The van der Waals surface area contributed by atoms with Crippen molar-refractivity contribution in [3.63, 3.8) is 0 Å². The van der Waals surface area contributed by atoms with Gasteiger partial charge in [0.1, 0.15) is 4.88 Å². The minimum absolute atomic E-state index is 0.0452. The molecule has 1 amide bonds. The fraction of sp³-hybridized carbons (Fsp3) is 0.765. The van der Waals surface area contributed by atoms with Gasteiger partial charge in [0, 0.05) is 12.0 Å². The van der Waals surface area contributed by atoms with Gasteiger partial charge in [-0.25, -0.2) is 4.98 Å². The van der Waals surface area contributed by atoms with Crippen molar-refractivity contribution in [1.82, 2.24) is 9.88 Å². The molecule has 1 aliphatic heterocycles. The second-order valence-corrected chi connectivity index (χ2v) is 8.38. The summed E-state index contributed by atoms with van der Waals surface area (Å²) in [4.78, 5) is 20.3. The Hall–Kier alpha value is -0.940. The molecule has 124 valence electrons. The highest BCUT2D eigenvalue weighted by Crippen LogP contribution is 2.37. The Kier molecular flexibility index (Phi) is 4.97. The molecule has 1 atom stereocenters. The number of aromatic nitrogens is 1. The maximum atomic E-state index is 13.0. The lowest BCUT2D eigenvalue weighted by molar-refractivity contribution is 0.0380. The third kappa shape index (κ3) is 3.06. The number of amides is 1. The van der Waals surface area contributed by atoms with Gasteiger partial charge in [-0.15, -0.1) is 11.3 Å². The van der Waals surface area contributed by atoms with Crippen molar-refractivity contribution in [2.75, 3.05) is 13.2 Å². The summed E-state index contributed by atoms with van der Waals surface area (Å²) in [6.07, 6.45) is 3.70. The van der Waals surface area contributed by atoms with E-state index in [2.05, 4.69) is 32.7 Å². The summed E-state index contributed by atoms with van der Waals surface area (Å²) in [7, 11) is 0. The van der Waals surface area contributed by atoms with Gasteiger partial charge in [-0.3, -0.25) is 4.79 Å². The predicted octanol–water partition coefficient (Wildman–Crippen LogP) is 3.52. The van der Waals surface area contributed by atoms with Crippen LogP contribution in [0.25, 0.3) is 0 Å². The molecule has 22 heavy (non-hydrogen) atoms.